The highest BCUT2D eigenvalue weighted by Gasteiger charge is 2.18. The molecule has 0 bridgehead atoms. The third-order valence-electron chi connectivity index (χ3n) is 2.57. The van der Waals surface area contributed by atoms with Crippen LogP contribution in [-0.2, 0) is 23.6 Å². The predicted molar refractivity (Wildman–Crippen MR) is 68.3 cm³/mol. The molecule has 0 aliphatic carbocycles. The molecule has 102 valence electrons. The Morgan fingerprint density at radius 3 is 2.74 bits per heavy atom. The van der Waals surface area contributed by atoms with Crippen molar-refractivity contribution in [2.45, 2.75) is 11.6 Å². The number of halogens is 1. The monoisotopic (exact) mass is 284 g/mol. The number of nitrogens with two attached hydrogens (primary N) is 1. The van der Waals surface area contributed by atoms with Gasteiger partial charge in [0.05, 0.1) is 6.20 Å². The van der Waals surface area contributed by atoms with Crippen molar-refractivity contribution in [1.29, 1.82) is 0 Å². The van der Waals surface area contributed by atoms with Crippen LogP contribution in [-0.4, -0.2) is 18.2 Å². The van der Waals surface area contributed by atoms with Gasteiger partial charge in [0.25, 0.3) is 10.0 Å². The maximum Gasteiger partial charge on any atom is 0.279 e. The Bertz CT molecular complexity index is 696. The normalized spacial score (nSPS) is 11.5. The zero-order chi connectivity index (χ0) is 14.0. The van der Waals surface area contributed by atoms with E-state index in [1.807, 2.05) is 0 Å². The van der Waals surface area contributed by atoms with Gasteiger partial charge in [-0.25, -0.2) is 4.39 Å². The SMILES string of the molecule is Cn1nccc1S(=O)(=O)Nc1ccc(F)c(CN)c1. The van der Waals surface area contributed by atoms with Gasteiger partial charge in [0.2, 0.25) is 0 Å². The van der Waals surface area contributed by atoms with E-state index in [9.17, 15) is 12.8 Å². The van der Waals surface area contributed by atoms with Crippen LogP contribution in [0, 0.1) is 5.82 Å². The molecule has 8 heteroatoms. The number of hydrogen-bond donors (Lipinski definition) is 2. The van der Waals surface area contributed by atoms with E-state index >= 15 is 0 Å². The number of aryl methyl sites for hydroxylation is 1. The van der Waals surface area contributed by atoms with E-state index in [0.717, 1.165) is 0 Å². The van der Waals surface area contributed by atoms with Crippen LogP contribution in [0.15, 0.2) is 35.5 Å². The van der Waals surface area contributed by atoms with Crippen LogP contribution >= 0.6 is 0 Å². The van der Waals surface area contributed by atoms with Gasteiger partial charge in [0, 0.05) is 24.8 Å². The van der Waals surface area contributed by atoms with Gasteiger partial charge in [0.15, 0.2) is 5.03 Å². The van der Waals surface area contributed by atoms with E-state index in [-0.39, 0.29) is 22.8 Å². The molecule has 0 radical (unpaired) electrons. The molecule has 0 fully saturated rings. The smallest absolute Gasteiger partial charge is 0.279 e. The average molecular weight is 284 g/mol. The van der Waals surface area contributed by atoms with E-state index in [2.05, 4.69) is 9.82 Å². The zero-order valence-electron chi connectivity index (χ0n) is 10.2. The molecule has 3 N–H and O–H groups in total. The standard InChI is InChI=1S/C11H13FN4O2S/c1-16-11(4-5-14-16)19(17,18)15-9-2-3-10(12)8(6-9)7-13/h2-6,15H,7,13H2,1H3. The lowest BCUT2D eigenvalue weighted by Gasteiger charge is -2.09. The summed E-state index contributed by atoms with van der Waals surface area (Å²) in [6, 6.07) is 5.24. The first-order valence-electron chi connectivity index (χ1n) is 5.43. The summed E-state index contributed by atoms with van der Waals surface area (Å²) in [6.07, 6.45) is 1.38. The Hall–Kier alpha value is -1.93. The molecule has 1 aromatic heterocycles. The quantitative estimate of drug-likeness (QED) is 0.869. The minimum absolute atomic E-state index is 0.00683. The number of nitrogens with one attached hydrogen (secondary N) is 1. The van der Waals surface area contributed by atoms with Crippen molar-refractivity contribution in [2.24, 2.45) is 12.8 Å². The summed E-state index contributed by atoms with van der Waals surface area (Å²) in [5.41, 5.74) is 5.86. The Labute approximate surface area is 110 Å². The van der Waals surface area contributed by atoms with Crippen molar-refractivity contribution < 1.29 is 12.8 Å². The summed E-state index contributed by atoms with van der Waals surface area (Å²) in [5, 5.41) is 3.81. The molecule has 1 heterocycles. The molecule has 2 rings (SSSR count). The van der Waals surface area contributed by atoms with Crippen LogP contribution in [0.5, 0.6) is 0 Å². The lowest BCUT2D eigenvalue weighted by atomic mass is 10.2. The van der Waals surface area contributed by atoms with E-state index in [1.54, 1.807) is 0 Å². The first kappa shape index (κ1) is 13.5. The molecule has 0 aliphatic rings. The Morgan fingerprint density at radius 1 is 1.42 bits per heavy atom. The van der Waals surface area contributed by atoms with Crippen molar-refractivity contribution in [2.75, 3.05) is 4.72 Å². The molecule has 0 saturated carbocycles. The first-order chi connectivity index (χ1) is 8.94. The third kappa shape index (κ3) is 2.74. The summed E-state index contributed by atoms with van der Waals surface area (Å²) in [4.78, 5) is 0. The second kappa shape index (κ2) is 4.98. The number of sulfonamides is 1. The highest BCUT2D eigenvalue weighted by Crippen LogP contribution is 2.18. The van der Waals surface area contributed by atoms with Crippen LogP contribution < -0.4 is 10.5 Å². The van der Waals surface area contributed by atoms with Crippen LogP contribution in [0.2, 0.25) is 0 Å². The molecule has 0 atom stereocenters. The summed E-state index contributed by atoms with van der Waals surface area (Å²) in [7, 11) is -2.23. The van der Waals surface area contributed by atoms with Crippen molar-refractivity contribution in [3.63, 3.8) is 0 Å². The number of benzene rings is 1. The molecule has 0 spiro atoms. The molecule has 6 nitrogen and oxygen atoms in total. The summed E-state index contributed by atoms with van der Waals surface area (Å²) in [6.45, 7) is -0.00683. The number of anilines is 1. The van der Waals surface area contributed by atoms with Crippen LogP contribution in [0.25, 0.3) is 0 Å². The third-order valence-corrected chi connectivity index (χ3v) is 4.02. The summed E-state index contributed by atoms with van der Waals surface area (Å²) in [5.74, 6) is -0.467. The average Bonchev–Trinajstić information content (AvgIpc) is 2.78. The van der Waals surface area contributed by atoms with E-state index < -0.39 is 15.8 Å². The second-order valence-electron chi connectivity index (χ2n) is 3.91. The fraction of sp³-hybridized carbons (Fsp3) is 0.182. The summed E-state index contributed by atoms with van der Waals surface area (Å²) >= 11 is 0. The first-order valence-corrected chi connectivity index (χ1v) is 6.91. The van der Waals surface area contributed by atoms with E-state index in [4.69, 9.17) is 5.73 Å². The number of nitrogens with zero attached hydrogens (tertiary/aromatic N) is 2. The topological polar surface area (TPSA) is 90.0 Å². The van der Waals surface area contributed by atoms with Gasteiger partial charge in [-0.1, -0.05) is 0 Å². The van der Waals surface area contributed by atoms with Gasteiger partial charge in [-0.05, 0) is 24.3 Å². The van der Waals surface area contributed by atoms with Crippen molar-refractivity contribution in [1.82, 2.24) is 9.78 Å². The Kier molecular flexibility index (Phi) is 3.54. The van der Waals surface area contributed by atoms with Gasteiger partial charge in [-0.15, -0.1) is 0 Å². The second-order valence-corrected chi connectivity index (χ2v) is 5.54. The Balaban J connectivity index is 2.34. The van der Waals surface area contributed by atoms with Crippen molar-refractivity contribution in [3.8, 4) is 0 Å². The van der Waals surface area contributed by atoms with Crippen molar-refractivity contribution >= 4 is 15.7 Å². The molecule has 0 unspecified atom stereocenters. The fourth-order valence-corrected chi connectivity index (χ4v) is 2.80. The van der Waals surface area contributed by atoms with E-state index in [1.165, 1.54) is 42.2 Å². The van der Waals surface area contributed by atoms with Gasteiger partial charge < -0.3 is 5.73 Å². The molecule has 2 aromatic rings. The number of rotatable bonds is 4. The Morgan fingerprint density at radius 2 is 2.16 bits per heavy atom. The van der Waals surface area contributed by atoms with Gasteiger partial charge >= 0.3 is 0 Å². The molecule has 0 saturated heterocycles. The van der Waals surface area contributed by atoms with Gasteiger partial charge in [0.1, 0.15) is 5.82 Å². The predicted octanol–water partition coefficient (Wildman–Crippen LogP) is 0.819. The lowest BCUT2D eigenvalue weighted by molar-refractivity contribution is 0.582. The highest BCUT2D eigenvalue weighted by atomic mass is 32.2. The molecule has 19 heavy (non-hydrogen) atoms. The molecule has 1 aromatic carbocycles. The fourth-order valence-electron chi connectivity index (χ4n) is 1.63. The zero-order valence-corrected chi connectivity index (χ0v) is 11.0. The van der Waals surface area contributed by atoms with E-state index in [0.29, 0.717) is 0 Å². The lowest BCUT2D eigenvalue weighted by Crippen LogP contribution is -2.17. The summed E-state index contributed by atoms with van der Waals surface area (Å²) < 4.78 is 41.0. The van der Waals surface area contributed by atoms with Crippen molar-refractivity contribution in [3.05, 3.63) is 41.8 Å². The minimum atomic E-state index is -3.75. The van der Waals surface area contributed by atoms with Crippen LogP contribution in [0.1, 0.15) is 5.56 Å². The molecule has 0 amide bonds. The highest BCUT2D eigenvalue weighted by molar-refractivity contribution is 7.92. The molecular weight excluding hydrogens is 271 g/mol. The number of aromatic nitrogens is 2. The maximum atomic E-state index is 13.3. The molecule has 0 aliphatic heterocycles. The minimum Gasteiger partial charge on any atom is -0.326 e. The maximum absolute atomic E-state index is 13.3. The largest absolute Gasteiger partial charge is 0.326 e. The molecular formula is C11H13FN4O2S. The van der Waals surface area contributed by atoms with Gasteiger partial charge in [-0.2, -0.15) is 13.5 Å². The van der Waals surface area contributed by atoms with Gasteiger partial charge in [-0.3, -0.25) is 9.40 Å². The number of hydrogen-bond acceptors (Lipinski definition) is 4. The van der Waals surface area contributed by atoms with Crippen LogP contribution in [0.4, 0.5) is 10.1 Å². The van der Waals surface area contributed by atoms with Crippen LogP contribution in [0.3, 0.4) is 0 Å².